The van der Waals surface area contributed by atoms with E-state index in [0.717, 1.165) is 12.8 Å². The molecule has 1 aromatic heterocycles. The summed E-state index contributed by atoms with van der Waals surface area (Å²) in [6, 6.07) is 3.37. The molecule has 0 spiro atoms. The van der Waals surface area contributed by atoms with Crippen molar-refractivity contribution in [2.75, 3.05) is 26.6 Å². The number of ether oxygens (including phenoxy) is 3. The number of carbonyl (C=O) groups is 1. The summed E-state index contributed by atoms with van der Waals surface area (Å²) < 4.78 is 16.1. The van der Waals surface area contributed by atoms with Gasteiger partial charge in [0.15, 0.2) is 5.82 Å². The van der Waals surface area contributed by atoms with Crippen LogP contribution in [0.5, 0.6) is 17.2 Å². The zero-order valence-corrected chi connectivity index (χ0v) is 21.4. The lowest BCUT2D eigenvalue weighted by Gasteiger charge is -2.17. The minimum absolute atomic E-state index is 0.278. The van der Waals surface area contributed by atoms with Crippen molar-refractivity contribution < 1.29 is 19.0 Å². The van der Waals surface area contributed by atoms with Gasteiger partial charge in [0, 0.05) is 12.1 Å². The fourth-order valence-electron chi connectivity index (χ4n) is 3.74. The number of nitrogens with one attached hydrogen (secondary N) is 1. The fraction of sp³-hybridized carbons (Fsp3) is 0.680. The Kier molecular flexibility index (Phi) is 12.2. The lowest BCUT2D eigenvalue weighted by molar-refractivity contribution is -0.117. The van der Waals surface area contributed by atoms with Gasteiger partial charge in [-0.3, -0.25) is 4.79 Å². The lowest BCUT2D eigenvalue weighted by atomic mass is 10.1. The first kappa shape index (κ1) is 27.4. The van der Waals surface area contributed by atoms with Gasteiger partial charge in [-0.25, -0.2) is 0 Å². The monoisotopic (exact) mass is 475 g/mol. The first-order valence-electron chi connectivity index (χ1n) is 12.4. The highest BCUT2D eigenvalue weighted by atomic mass is 16.5. The van der Waals surface area contributed by atoms with Crippen LogP contribution in [0.25, 0.3) is 0 Å². The molecule has 9 nitrogen and oxygen atoms in total. The molecule has 0 aliphatic heterocycles. The molecule has 0 aliphatic rings. The van der Waals surface area contributed by atoms with Gasteiger partial charge < -0.3 is 19.5 Å². The van der Waals surface area contributed by atoms with E-state index in [9.17, 15) is 4.79 Å². The predicted molar refractivity (Wildman–Crippen MR) is 133 cm³/mol. The largest absolute Gasteiger partial charge is 0.496 e. The van der Waals surface area contributed by atoms with Crippen molar-refractivity contribution in [2.45, 2.75) is 90.5 Å². The second-order valence-electron chi connectivity index (χ2n) is 8.54. The molecule has 1 heterocycles. The molecule has 34 heavy (non-hydrogen) atoms. The van der Waals surface area contributed by atoms with E-state index in [2.05, 4.69) is 27.7 Å². The Morgan fingerprint density at radius 2 is 1.47 bits per heavy atom. The number of methoxy groups -OCH3 is 3. The molecule has 0 unspecified atom stereocenters. The lowest BCUT2D eigenvalue weighted by Crippen LogP contribution is -2.21. The minimum Gasteiger partial charge on any atom is -0.496 e. The maximum atomic E-state index is 12.9. The van der Waals surface area contributed by atoms with Gasteiger partial charge in [0.05, 0.1) is 33.8 Å². The predicted octanol–water partition coefficient (Wildman–Crippen LogP) is 5.36. The van der Waals surface area contributed by atoms with Crippen LogP contribution in [0.3, 0.4) is 0 Å². The van der Waals surface area contributed by atoms with E-state index in [1.807, 2.05) is 0 Å². The normalized spacial score (nSPS) is 11.8. The summed E-state index contributed by atoms with van der Waals surface area (Å²) in [5, 5.41) is 15.5. The first-order valence-corrected chi connectivity index (χ1v) is 12.4. The van der Waals surface area contributed by atoms with E-state index < -0.39 is 5.92 Å². The van der Waals surface area contributed by atoms with Crippen LogP contribution in [0.2, 0.25) is 0 Å². The number of hydrogen-bond donors (Lipinski definition) is 1. The van der Waals surface area contributed by atoms with Crippen LogP contribution >= 0.6 is 0 Å². The summed E-state index contributed by atoms with van der Waals surface area (Å²) >= 11 is 0. The van der Waals surface area contributed by atoms with Crippen LogP contribution in [0.1, 0.15) is 89.8 Å². The molecule has 2 aromatic rings. The summed E-state index contributed by atoms with van der Waals surface area (Å²) in [4.78, 5) is 14.5. The highest BCUT2D eigenvalue weighted by Gasteiger charge is 2.24. The summed E-state index contributed by atoms with van der Waals surface area (Å²) in [7, 11) is 4.60. The molecule has 1 amide bonds. The average Bonchev–Trinajstić information content (AvgIpc) is 3.33. The van der Waals surface area contributed by atoms with Crippen molar-refractivity contribution >= 4 is 11.6 Å². The molecule has 190 valence electrons. The van der Waals surface area contributed by atoms with E-state index in [4.69, 9.17) is 14.2 Å². The molecule has 0 bridgehead atoms. The summed E-state index contributed by atoms with van der Waals surface area (Å²) in [5.41, 5.74) is 0.431. The van der Waals surface area contributed by atoms with Crippen LogP contribution in [-0.2, 0) is 11.3 Å². The van der Waals surface area contributed by atoms with Gasteiger partial charge in [-0.05, 0) is 18.6 Å². The summed E-state index contributed by atoms with van der Waals surface area (Å²) in [6.07, 6.45) is 12.7. The van der Waals surface area contributed by atoms with Gasteiger partial charge >= 0.3 is 0 Å². The third kappa shape index (κ3) is 8.50. The number of amides is 1. The quantitative estimate of drug-likeness (QED) is 0.307. The molecule has 1 aromatic carbocycles. The van der Waals surface area contributed by atoms with Gasteiger partial charge in [0.1, 0.15) is 22.9 Å². The van der Waals surface area contributed by atoms with Crippen molar-refractivity contribution in [1.82, 2.24) is 20.2 Å². The van der Waals surface area contributed by atoms with Gasteiger partial charge in [0.2, 0.25) is 5.91 Å². The van der Waals surface area contributed by atoms with Crippen molar-refractivity contribution in [3.05, 3.63) is 18.0 Å². The Morgan fingerprint density at radius 3 is 2.00 bits per heavy atom. The topological polar surface area (TPSA) is 100 Å². The van der Waals surface area contributed by atoms with E-state index in [0.29, 0.717) is 35.3 Å². The van der Waals surface area contributed by atoms with Crippen molar-refractivity contribution in [2.24, 2.45) is 0 Å². The Bertz CT molecular complexity index is 846. The Balaban J connectivity index is 1.81. The zero-order chi connectivity index (χ0) is 24.8. The second-order valence-corrected chi connectivity index (χ2v) is 8.54. The number of rotatable bonds is 17. The number of aromatic nitrogens is 4. The van der Waals surface area contributed by atoms with Gasteiger partial charge in [0.25, 0.3) is 0 Å². The molecule has 0 saturated heterocycles. The van der Waals surface area contributed by atoms with Gasteiger partial charge in [-0.15, -0.1) is 10.2 Å². The molecular formula is C25H41N5O4. The van der Waals surface area contributed by atoms with Crippen LogP contribution < -0.4 is 19.5 Å². The second kappa shape index (κ2) is 15.1. The molecule has 9 heteroatoms. The maximum absolute atomic E-state index is 12.9. The molecule has 1 N–H and O–H groups in total. The molecule has 0 fully saturated rings. The molecule has 0 aliphatic carbocycles. The number of tetrazole rings is 1. The highest BCUT2D eigenvalue weighted by Crippen LogP contribution is 2.39. The maximum Gasteiger partial charge on any atom is 0.235 e. The number of hydrogen-bond acceptors (Lipinski definition) is 7. The van der Waals surface area contributed by atoms with E-state index >= 15 is 0 Å². The standard InChI is InChI=1S/C25H41N5O4/c1-6-7-8-9-10-11-12-13-14-15-16-30-28-24(27-29-30)19(2)25(31)26-23-21(33-4)17-20(32-3)18-22(23)34-5/h17-19H,6-16H2,1-5H3,(H,26,31)/t19-/m1/s1. The highest BCUT2D eigenvalue weighted by molar-refractivity contribution is 5.98. The van der Waals surface area contributed by atoms with E-state index in [-0.39, 0.29) is 5.91 Å². The van der Waals surface area contributed by atoms with Crippen molar-refractivity contribution in [1.29, 1.82) is 0 Å². The van der Waals surface area contributed by atoms with Gasteiger partial charge in [-0.2, -0.15) is 4.80 Å². The zero-order valence-electron chi connectivity index (χ0n) is 21.4. The fourth-order valence-corrected chi connectivity index (χ4v) is 3.74. The molecule has 1 atom stereocenters. The Hall–Kier alpha value is -2.84. The van der Waals surface area contributed by atoms with Crippen LogP contribution in [0, 0.1) is 0 Å². The van der Waals surface area contributed by atoms with Crippen molar-refractivity contribution in [3.63, 3.8) is 0 Å². The van der Waals surface area contributed by atoms with E-state index in [1.54, 1.807) is 31.0 Å². The molecule has 0 saturated carbocycles. The molecule has 0 radical (unpaired) electrons. The Morgan fingerprint density at radius 1 is 0.912 bits per heavy atom. The molecule has 2 rings (SSSR count). The number of aryl methyl sites for hydroxylation is 1. The molecular weight excluding hydrogens is 434 g/mol. The van der Waals surface area contributed by atoms with Crippen LogP contribution in [-0.4, -0.2) is 47.4 Å². The number of unbranched alkanes of at least 4 members (excludes halogenated alkanes) is 9. The van der Waals surface area contributed by atoms with Crippen LogP contribution in [0.15, 0.2) is 12.1 Å². The first-order chi connectivity index (χ1) is 16.5. The third-order valence-electron chi connectivity index (χ3n) is 5.92. The number of carbonyl (C=O) groups excluding carboxylic acids is 1. The van der Waals surface area contributed by atoms with Gasteiger partial charge in [-0.1, -0.05) is 64.7 Å². The third-order valence-corrected chi connectivity index (χ3v) is 5.92. The summed E-state index contributed by atoms with van der Waals surface area (Å²) in [6.45, 7) is 4.71. The number of nitrogens with zero attached hydrogens (tertiary/aromatic N) is 4. The summed E-state index contributed by atoms with van der Waals surface area (Å²) in [5.74, 6) is 0.967. The van der Waals surface area contributed by atoms with Crippen LogP contribution in [0.4, 0.5) is 5.69 Å². The number of benzene rings is 1. The van der Waals surface area contributed by atoms with Crippen molar-refractivity contribution in [3.8, 4) is 17.2 Å². The number of anilines is 1. The van der Waals surface area contributed by atoms with E-state index in [1.165, 1.54) is 65.6 Å². The Labute approximate surface area is 203 Å². The SMILES string of the molecule is CCCCCCCCCCCCn1nnc([C@@H](C)C(=O)Nc2c(OC)cc(OC)cc2OC)n1. The minimum atomic E-state index is -0.585. The smallest absolute Gasteiger partial charge is 0.235 e. The average molecular weight is 476 g/mol.